The molecule has 1 amide bonds. The van der Waals surface area contributed by atoms with Gasteiger partial charge < -0.3 is 10.2 Å². The maximum atomic E-state index is 11.7. The summed E-state index contributed by atoms with van der Waals surface area (Å²) in [6, 6.07) is 10.8. The van der Waals surface area contributed by atoms with Gasteiger partial charge in [0.05, 0.1) is 4.92 Å². The highest BCUT2D eigenvalue weighted by molar-refractivity contribution is 5.78. The van der Waals surface area contributed by atoms with E-state index in [9.17, 15) is 14.9 Å². The van der Waals surface area contributed by atoms with Gasteiger partial charge >= 0.3 is 5.69 Å². The predicted molar refractivity (Wildman–Crippen MR) is 89.3 cm³/mol. The average Bonchev–Trinajstić information content (AvgIpc) is 2.98. The third kappa shape index (κ3) is 3.68. The van der Waals surface area contributed by atoms with Gasteiger partial charge in [0.2, 0.25) is 11.7 Å². The van der Waals surface area contributed by atoms with Crippen molar-refractivity contribution in [3.05, 3.63) is 63.8 Å². The van der Waals surface area contributed by atoms with E-state index in [0.29, 0.717) is 19.5 Å². The smallest absolute Gasteiger partial charge is 0.311 e. The van der Waals surface area contributed by atoms with Gasteiger partial charge in [-0.3, -0.25) is 14.9 Å². The number of amides is 1. The first-order valence-electron chi connectivity index (χ1n) is 7.82. The molecule has 7 heteroatoms. The number of nitrogens with zero attached hydrogens (tertiary/aromatic N) is 3. The van der Waals surface area contributed by atoms with Gasteiger partial charge in [-0.25, -0.2) is 4.98 Å². The SMILES string of the molecule is O=C1CCCN1Cc1cccc(CNc2ncccc2[N+](=O)[O-])c1. The minimum atomic E-state index is -0.454. The highest BCUT2D eigenvalue weighted by Crippen LogP contribution is 2.21. The Hall–Kier alpha value is -2.96. The molecular formula is C17H18N4O3. The van der Waals surface area contributed by atoms with E-state index in [1.54, 1.807) is 0 Å². The van der Waals surface area contributed by atoms with Gasteiger partial charge in [0.1, 0.15) is 0 Å². The van der Waals surface area contributed by atoms with Gasteiger partial charge in [-0.1, -0.05) is 24.3 Å². The standard InChI is InChI=1S/C17H18N4O3/c22-16-7-3-9-20(16)12-14-5-1-4-13(10-14)11-19-17-15(21(23)24)6-2-8-18-17/h1-2,4-6,8,10H,3,7,9,11-12H2,(H,18,19). The Labute approximate surface area is 139 Å². The first kappa shape index (κ1) is 15.9. The zero-order valence-electron chi connectivity index (χ0n) is 13.1. The monoisotopic (exact) mass is 326 g/mol. The van der Waals surface area contributed by atoms with Crippen LogP contribution in [0.4, 0.5) is 11.5 Å². The van der Waals surface area contributed by atoms with Crippen LogP contribution in [0.3, 0.4) is 0 Å². The fraction of sp³-hybridized carbons (Fsp3) is 0.294. The van der Waals surface area contributed by atoms with E-state index in [1.807, 2.05) is 29.2 Å². The van der Waals surface area contributed by atoms with Gasteiger partial charge in [0, 0.05) is 38.3 Å². The summed E-state index contributed by atoms with van der Waals surface area (Å²) in [7, 11) is 0. The fourth-order valence-electron chi connectivity index (χ4n) is 2.80. The van der Waals surface area contributed by atoms with Crippen LogP contribution < -0.4 is 5.32 Å². The van der Waals surface area contributed by atoms with Crippen LogP contribution in [-0.4, -0.2) is 27.3 Å². The number of pyridine rings is 1. The van der Waals surface area contributed by atoms with Crippen molar-refractivity contribution in [2.24, 2.45) is 0 Å². The molecular weight excluding hydrogens is 308 g/mol. The Bertz CT molecular complexity index is 763. The lowest BCUT2D eigenvalue weighted by atomic mass is 10.1. The lowest BCUT2D eigenvalue weighted by molar-refractivity contribution is -0.384. The average molecular weight is 326 g/mol. The molecule has 1 aromatic heterocycles. The molecule has 0 atom stereocenters. The Kier molecular flexibility index (Phi) is 4.69. The largest absolute Gasteiger partial charge is 0.360 e. The zero-order chi connectivity index (χ0) is 16.9. The molecule has 0 bridgehead atoms. The summed E-state index contributed by atoms with van der Waals surface area (Å²) in [5, 5.41) is 14.0. The summed E-state index contributed by atoms with van der Waals surface area (Å²) in [6.07, 6.45) is 3.07. The van der Waals surface area contributed by atoms with Crippen LogP contribution >= 0.6 is 0 Å². The summed E-state index contributed by atoms with van der Waals surface area (Å²) in [6.45, 7) is 1.84. The Morgan fingerprint density at radius 1 is 1.25 bits per heavy atom. The molecule has 1 aliphatic rings. The third-order valence-corrected chi connectivity index (χ3v) is 3.98. The van der Waals surface area contributed by atoms with Gasteiger partial charge in [0.25, 0.3) is 0 Å². The molecule has 1 aliphatic heterocycles. The molecule has 0 radical (unpaired) electrons. The molecule has 1 fully saturated rings. The van der Waals surface area contributed by atoms with Gasteiger partial charge in [-0.2, -0.15) is 0 Å². The minimum absolute atomic E-state index is 0.0451. The van der Waals surface area contributed by atoms with Crippen molar-refractivity contribution in [2.45, 2.75) is 25.9 Å². The van der Waals surface area contributed by atoms with Crippen LogP contribution in [0.25, 0.3) is 0 Å². The molecule has 7 nitrogen and oxygen atoms in total. The normalized spacial score (nSPS) is 14.0. The van der Waals surface area contributed by atoms with Crippen molar-refractivity contribution in [2.75, 3.05) is 11.9 Å². The number of benzene rings is 1. The van der Waals surface area contributed by atoms with Gasteiger partial charge in [-0.15, -0.1) is 0 Å². The number of aromatic nitrogens is 1. The van der Waals surface area contributed by atoms with Crippen LogP contribution in [0, 0.1) is 10.1 Å². The number of nitrogens with one attached hydrogen (secondary N) is 1. The van der Waals surface area contributed by atoms with Gasteiger partial charge in [-0.05, 0) is 23.6 Å². The van der Waals surface area contributed by atoms with Crippen molar-refractivity contribution in [3.63, 3.8) is 0 Å². The molecule has 1 aromatic carbocycles. The maximum Gasteiger partial charge on any atom is 0.311 e. The molecule has 1 N–H and O–H groups in total. The number of likely N-dealkylation sites (tertiary alicyclic amines) is 1. The van der Waals surface area contributed by atoms with E-state index in [4.69, 9.17) is 0 Å². The van der Waals surface area contributed by atoms with Gasteiger partial charge in [0.15, 0.2) is 0 Å². The number of hydrogen-bond donors (Lipinski definition) is 1. The summed E-state index contributed by atoms with van der Waals surface area (Å²) < 4.78 is 0. The number of nitro groups is 1. The maximum absolute atomic E-state index is 11.7. The van der Waals surface area contributed by atoms with E-state index in [0.717, 1.165) is 24.1 Å². The molecule has 0 spiro atoms. The quantitative estimate of drug-likeness (QED) is 0.651. The number of carbonyl (C=O) groups excluding carboxylic acids is 1. The molecule has 0 aliphatic carbocycles. The first-order chi connectivity index (χ1) is 11.6. The molecule has 0 saturated carbocycles. The topological polar surface area (TPSA) is 88.4 Å². The van der Waals surface area contributed by atoms with E-state index in [-0.39, 0.29) is 17.4 Å². The third-order valence-electron chi connectivity index (χ3n) is 3.98. The lowest BCUT2D eigenvalue weighted by Crippen LogP contribution is -2.23. The number of carbonyl (C=O) groups is 1. The predicted octanol–water partition coefficient (Wildman–Crippen LogP) is 2.72. The minimum Gasteiger partial charge on any atom is -0.360 e. The summed E-state index contributed by atoms with van der Waals surface area (Å²) in [5.41, 5.74) is 2.00. The summed E-state index contributed by atoms with van der Waals surface area (Å²) in [4.78, 5) is 28.1. The Balaban J connectivity index is 1.67. The number of hydrogen-bond acceptors (Lipinski definition) is 5. The second-order valence-electron chi connectivity index (χ2n) is 5.72. The molecule has 1 saturated heterocycles. The van der Waals surface area contributed by atoms with Crippen LogP contribution in [0.15, 0.2) is 42.6 Å². The van der Waals surface area contributed by atoms with Crippen LogP contribution in [0.2, 0.25) is 0 Å². The molecule has 2 heterocycles. The van der Waals surface area contributed by atoms with Crippen molar-refractivity contribution in [1.82, 2.24) is 9.88 Å². The second-order valence-corrected chi connectivity index (χ2v) is 5.72. The molecule has 3 rings (SSSR count). The highest BCUT2D eigenvalue weighted by atomic mass is 16.6. The fourth-order valence-corrected chi connectivity index (χ4v) is 2.80. The molecule has 0 unspecified atom stereocenters. The van der Waals surface area contributed by atoms with Crippen molar-refractivity contribution >= 4 is 17.4 Å². The van der Waals surface area contributed by atoms with E-state index < -0.39 is 4.92 Å². The lowest BCUT2D eigenvalue weighted by Gasteiger charge is -2.16. The molecule has 124 valence electrons. The van der Waals surface area contributed by atoms with E-state index in [1.165, 1.54) is 18.3 Å². The van der Waals surface area contributed by atoms with E-state index in [2.05, 4.69) is 10.3 Å². The van der Waals surface area contributed by atoms with Crippen molar-refractivity contribution in [3.8, 4) is 0 Å². The highest BCUT2D eigenvalue weighted by Gasteiger charge is 2.20. The van der Waals surface area contributed by atoms with Crippen LogP contribution in [0.5, 0.6) is 0 Å². The summed E-state index contributed by atoms with van der Waals surface area (Å²) in [5.74, 6) is 0.449. The first-order valence-corrected chi connectivity index (χ1v) is 7.82. The summed E-state index contributed by atoms with van der Waals surface area (Å²) >= 11 is 0. The van der Waals surface area contributed by atoms with Crippen LogP contribution in [0.1, 0.15) is 24.0 Å². The number of rotatable bonds is 6. The second kappa shape index (κ2) is 7.08. The van der Waals surface area contributed by atoms with E-state index >= 15 is 0 Å². The van der Waals surface area contributed by atoms with Crippen molar-refractivity contribution < 1.29 is 9.72 Å². The molecule has 24 heavy (non-hydrogen) atoms. The molecule has 2 aromatic rings. The zero-order valence-corrected chi connectivity index (χ0v) is 13.1. The van der Waals surface area contributed by atoms with Crippen LogP contribution in [-0.2, 0) is 17.9 Å². The number of anilines is 1. The Morgan fingerprint density at radius 3 is 2.83 bits per heavy atom. The Morgan fingerprint density at radius 2 is 2.08 bits per heavy atom. The van der Waals surface area contributed by atoms with Crippen molar-refractivity contribution in [1.29, 1.82) is 0 Å².